The Balaban J connectivity index is 1.45. The Bertz CT molecular complexity index is 613. The van der Waals surface area contributed by atoms with Gasteiger partial charge in [-0.05, 0) is 43.5 Å². The maximum absolute atomic E-state index is 4.54. The summed E-state index contributed by atoms with van der Waals surface area (Å²) in [6.45, 7) is 2.21. The molecule has 2 atom stereocenters. The molecule has 2 saturated heterocycles. The molecule has 2 fully saturated rings. The van der Waals surface area contributed by atoms with Gasteiger partial charge in [0.25, 0.3) is 0 Å². The van der Waals surface area contributed by atoms with Crippen molar-refractivity contribution < 1.29 is 0 Å². The molecule has 114 valence electrons. The molecule has 0 aromatic carbocycles. The Kier molecular flexibility index (Phi) is 3.64. The zero-order valence-electron chi connectivity index (χ0n) is 12.6. The summed E-state index contributed by atoms with van der Waals surface area (Å²) in [4.78, 5) is 11.1. The third kappa shape index (κ3) is 2.90. The first-order valence-corrected chi connectivity index (χ1v) is 8.01. The van der Waals surface area contributed by atoms with Gasteiger partial charge in [0.05, 0.1) is 23.8 Å². The molecule has 5 nitrogen and oxygen atoms in total. The second-order valence-electron chi connectivity index (χ2n) is 6.14. The molecule has 5 heteroatoms. The number of nitrogens with zero attached hydrogens (tertiary/aromatic N) is 3. The lowest BCUT2D eigenvalue weighted by Crippen LogP contribution is -2.35. The molecule has 0 aliphatic carbocycles. The van der Waals surface area contributed by atoms with E-state index in [4.69, 9.17) is 0 Å². The molecular weight excluding hydrogens is 274 g/mol. The zero-order valence-corrected chi connectivity index (χ0v) is 12.6. The summed E-state index contributed by atoms with van der Waals surface area (Å²) in [7, 11) is 0. The average molecular weight is 295 g/mol. The van der Waals surface area contributed by atoms with Gasteiger partial charge in [0.2, 0.25) is 0 Å². The van der Waals surface area contributed by atoms with E-state index < -0.39 is 0 Å². The highest BCUT2D eigenvalue weighted by Gasteiger charge is 2.29. The fourth-order valence-corrected chi connectivity index (χ4v) is 3.41. The van der Waals surface area contributed by atoms with Crippen molar-refractivity contribution in [1.82, 2.24) is 15.3 Å². The molecule has 2 bridgehead atoms. The Morgan fingerprint density at radius 2 is 2.05 bits per heavy atom. The number of aromatic nitrogens is 2. The first-order chi connectivity index (χ1) is 10.9. The summed E-state index contributed by atoms with van der Waals surface area (Å²) in [6, 6.07) is 9.45. The van der Waals surface area contributed by atoms with Gasteiger partial charge in [0, 0.05) is 31.4 Å². The van der Waals surface area contributed by atoms with Crippen LogP contribution in [0, 0.1) is 0 Å². The van der Waals surface area contributed by atoms with Crippen LogP contribution in [0.1, 0.15) is 19.3 Å². The Morgan fingerprint density at radius 1 is 1.09 bits per heavy atom. The number of anilines is 3. The number of hydrogen-bond acceptors (Lipinski definition) is 5. The average Bonchev–Trinajstić information content (AvgIpc) is 2.89. The van der Waals surface area contributed by atoms with Crippen molar-refractivity contribution in [3.05, 3.63) is 42.9 Å². The van der Waals surface area contributed by atoms with Crippen LogP contribution in [0.5, 0.6) is 0 Å². The van der Waals surface area contributed by atoms with Crippen LogP contribution in [0.25, 0.3) is 0 Å². The zero-order chi connectivity index (χ0) is 14.8. The van der Waals surface area contributed by atoms with Crippen LogP contribution in [0.15, 0.2) is 42.9 Å². The second kappa shape index (κ2) is 5.93. The van der Waals surface area contributed by atoms with E-state index in [9.17, 15) is 0 Å². The summed E-state index contributed by atoms with van der Waals surface area (Å²) in [5, 5.41) is 6.98. The maximum atomic E-state index is 4.54. The van der Waals surface area contributed by atoms with E-state index in [-0.39, 0.29) is 0 Å². The van der Waals surface area contributed by atoms with Crippen molar-refractivity contribution in [2.24, 2.45) is 0 Å². The highest BCUT2D eigenvalue weighted by molar-refractivity contribution is 5.57. The number of nitrogens with one attached hydrogen (secondary N) is 2. The van der Waals surface area contributed by atoms with Gasteiger partial charge in [-0.3, -0.25) is 4.98 Å². The van der Waals surface area contributed by atoms with Crippen LogP contribution in [0.3, 0.4) is 0 Å². The molecule has 0 spiro atoms. The lowest BCUT2D eigenvalue weighted by molar-refractivity contribution is 0.563. The first kappa shape index (κ1) is 13.5. The molecule has 2 unspecified atom stereocenters. The van der Waals surface area contributed by atoms with E-state index in [0.717, 1.165) is 30.6 Å². The molecule has 2 aromatic heterocycles. The standard InChI is InChI=1S/C17H21N5/c1-2-14(10-18-8-1)21-17-6-5-16(11-19-17)22-9-7-13-3-4-15(12-22)20-13/h1-2,5-6,8,10-11,13,15,20H,3-4,7,9,12H2,(H,19,21). The number of hydrogen-bond donors (Lipinski definition) is 2. The van der Waals surface area contributed by atoms with Gasteiger partial charge in [-0.1, -0.05) is 0 Å². The number of rotatable bonds is 3. The smallest absolute Gasteiger partial charge is 0.130 e. The molecule has 0 radical (unpaired) electrons. The molecule has 4 rings (SSSR count). The first-order valence-electron chi connectivity index (χ1n) is 8.01. The van der Waals surface area contributed by atoms with E-state index in [1.165, 1.54) is 24.9 Å². The predicted octanol–water partition coefficient (Wildman–Crippen LogP) is 2.55. The van der Waals surface area contributed by atoms with Crippen LogP contribution in [0.4, 0.5) is 17.2 Å². The van der Waals surface area contributed by atoms with Gasteiger partial charge in [-0.15, -0.1) is 0 Å². The molecule has 0 amide bonds. The molecule has 0 saturated carbocycles. The predicted molar refractivity (Wildman–Crippen MR) is 88.5 cm³/mol. The molecule has 22 heavy (non-hydrogen) atoms. The third-order valence-corrected chi connectivity index (χ3v) is 4.57. The highest BCUT2D eigenvalue weighted by Crippen LogP contribution is 2.25. The molecular formula is C17H21N5. The molecule has 2 aliphatic rings. The van der Waals surface area contributed by atoms with Crippen molar-refractivity contribution in [2.75, 3.05) is 23.3 Å². The minimum Gasteiger partial charge on any atom is -0.369 e. The lowest BCUT2D eigenvalue weighted by atomic mass is 10.1. The van der Waals surface area contributed by atoms with Crippen LogP contribution < -0.4 is 15.5 Å². The molecule has 2 N–H and O–H groups in total. The molecule has 2 aliphatic heterocycles. The summed E-state index contributed by atoms with van der Waals surface area (Å²) < 4.78 is 0. The van der Waals surface area contributed by atoms with Crippen LogP contribution in [0.2, 0.25) is 0 Å². The summed E-state index contributed by atoms with van der Waals surface area (Å²) in [6.07, 6.45) is 9.40. The van der Waals surface area contributed by atoms with E-state index in [1.807, 2.05) is 24.4 Å². The number of pyridine rings is 2. The summed E-state index contributed by atoms with van der Waals surface area (Å²) in [5.41, 5.74) is 2.17. The minimum atomic E-state index is 0.640. The highest BCUT2D eigenvalue weighted by atomic mass is 15.2. The van der Waals surface area contributed by atoms with Crippen molar-refractivity contribution >= 4 is 17.2 Å². The van der Waals surface area contributed by atoms with Gasteiger partial charge < -0.3 is 15.5 Å². The normalized spacial score (nSPS) is 24.1. The largest absolute Gasteiger partial charge is 0.369 e. The summed E-state index contributed by atoms with van der Waals surface area (Å²) >= 11 is 0. The van der Waals surface area contributed by atoms with Gasteiger partial charge in [-0.25, -0.2) is 4.98 Å². The SMILES string of the molecule is c1cncc(Nc2ccc(N3CCC4CCC(C3)N4)cn2)c1. The van der Waals surface area contributed by atoms with Crippen molar-refractivity contribution in [3.63, 3.8) is 0 Å². The molecule has 4 heterocycles. The van der Waals surface area contributed by atoms with Gasteiger partial charge in [0.15, 0.2) is 0 Å². The minimum absolute atomic E-state index is 0.640. The quantitative estimate of drug-likeness (QED) is 0.911. The monoisotopic (exact) mass is 295 g/mol. The van der Waals surface area contributed by atoms with Gasteiger partial charge in [-0.2, -0.15) is 0 Å². The Morgan fingerprint density at radius 3 is 2.86 bits per heavy atom. The van der Waals surface area contributed by atoms with E-state index in [1.54, 1.807) is 12.4 Å². The van der Waals surface area contributed by atoms with Crippen molar-refractivity contribution in [3.8, 4) is 0 Å². The van der Waals surface area contributed by atoms with Crippen LogP contribution >= 0.6 is 0 Å². The van der Waals surface area contributed by atoms with Gasteiger partial charge in [0.1, 0.15) is 5.82 Å². The van der Waals surface area contributed by atoms with E-state index in [2.05, 4.69) is 31.6 Å². The maximum Gasteiger partial charge on any atom is 0.130 e. The molecule has 2 aromatic rings. The lowest BCUT2D eigenvalue weighted by Gasteiger charge is -2.26. The van der Waals surface area contributed by atoms with Crippen LogP contribution in [-0.4, -0.2) is 35.1 Å². The van der Waals surface area contributed by atoms with E-state index in [0.29, 0.717) is 6.04 Å². The van der Waals surface area contributed by atoms with Gasteiger partial charge >= 0.3 is 0 Å². The Hall–Kier alpha value is -2.14. The second-order valence-corrected chi connectivity index (χ2v) is 6.14. The topological polar surface area (TPSA) is 53.1 Å². The fourth-order valence-electron chi connectivity index (χ4n) is 3.41. The van der Waals surface area contributed by atoms with Crippen molar-refractivity contribution in [2.45, 2.75) is 31.3 Å². The third-order valence-electron chi connectivity index (χ3n) is 4.57. The van der Waals surface area contributed by atoms with E-state index >= 15 is 0 Å². The van der Waals surface area contributed by atoms with Crippen molar-refractivity contribution in [1.29, 1.82) is 0 Å². The fraction of sp³-hybridized carbons (Fsp3) is 0.412. The number of fused-ring (bicyclic) bond motifs is 2. The van der Waals surface area contributed by atoms with Crippen LogP contribution in [-0.2, 0) is 0 Å². The Labute approximate surface area is 130 Å². The summed E-state index contributed by atoms with van der Waals surface area (Å²) in [5.74, 6) is 0.853.